The van der Waals surface area contributed by atoms with Gasteiger partial charge >= 0.3 is 37.7 Å². The molecular formula is C10H22CaO6S2. The largest absolute Gasteiger partial charge is 2.00 e. The summed E-state index contributed by atoms with van der Waals surface area (Å²) in [7, 11) is -7.89. The molecule has 0 heterocycles. The number of unbranched alkanes of at least 4 members (excludes halogenated alkanes) is 4. The molecule has 0 atom stereocenters. The Morgan fingerprint density at radius 2 is 0.947 bits per heavy atom. The number of hydrogen-bond acceptors (Lipinski definition) is 6. The minimum absolute atomic E-state index is 0. The summed E-state index contributed by atoms with van der Waals surface area (Å²) in [5.41, 5.74) is 0. The van der Waals surface area contributed by atoms with Gasteiger partial charge in [-0.05, 0) is 12.8 Å². The molecule has 19 heavy (non-hydrogen) atoms. The summed E-state index contributed by atoms with van der Waals surface area (Å²) < 4.78 is 59.7. The average molecular weight is 342 g/mol. The molecule has 9 heteroatoms. The van der Waals surface area contributed by atoms with Gasteiger partial charge in [0.1, 0.15) is 0 Å². The zero-order chi connectivity index (χ0) is 14.7. The van der Waals surface area contributed by atoms with E-state index in [2.05, 4.69) is 0 Å². The molecule has 0 aliphatic rings. The zero-order valence-electron chi connectivity index (χ0n) is 11.6. The molecule has 0 saturated heterocycles. The van der Waals surface area contributed by atoms with E-state index < -0.39 is 20.2 Å². The summed E-state index contributed by atoms with van der Waals surface area (Å²) in [4.78, 5) is 0. The van der Waals surface area contributed by atoms with Crippen molar-refractivity contribution in [3.05, 3.63) is 0 Å². The van der Waals surface area contributed by atoms with Gasteiger partial charge < -0.3 is 9.11 Å². The first-order chi connectivity index (χ1) is 8.12. The molecule has 0 aromatic carbocycles. The monoisotopic (exact) mass is 342 g/mol. The van der Waals surface area contributed by atoms with Gasteiger partial charge in [0, 0.05) is 11.5 Å². The van der Waals surface area contributed by atoms with Crippen LogP contribution in [0.5, 0.6) is 0 Å². The molecule has 0 fully saturated rings. The van der Waals surface area contributed by atoms with Gasteiger partial charge in [-0.2, -0.15) is 0 Å². The topological polar surface area (TPSA) is 114 Å². The van der Waals surface area contributed by atoms with Gasteiger partial charge in [-0.25, -0.2) is 16.8 Å². The summed E-state index contributed by atoms with van der Waals surface area (Å²) in [6, 6.07) is 0. The van der Waals surface area contributed by atoms with Gasteiger partial charge in [-0.3, -0.25) is 0 Å². The van der Waals surface area contributed by atoms with Crippen molar-refractivity contribution < 1.29 is 25.9 Å². The van der Waals surface area contributed by atoms with Crippen LogP contribution in [0, 0.1) is 0 Å². The van der Waals surface area contributed by atoms with Crippen molar-refractivity contribution in [1.82, 2.24) is 0 Å². The molecule has 0 aromatic heterocycles. The van der Waals surface area contributed by atoms with Crippen molar-refractivity contribution in [3.63, 3.8) is 0 Å². The van der Waals surface area contributed by atoms with Crippen LogP contribution in [0.15, 0.2) is 0 Å². The zero-order valence-corrected chi connectivity index (χ0v) is 15.5. The molecule has 0 amide bonds. The third-order valence-electron chi connectivity index (χ3n) is 2.00. The van der Waals surface area contributed by atoms with Crippen molar-refractivity contribution in [3.8, 4) is 0 Å². The Kier molecular flexibility index (Phi) is 18.5. The fourth-order valence-corrected chi connectivity index (χ4v) is 2.17. The standard InChI is InChI=1S/2C5H12O3S.Ca/c2*1-2-3-4-5-9(6,7)8;/h2*2-5H2,1H3,(H,6,7,8);/q;;+2/p-2. The predicted octanol–water partition coefficient (Wildman–Crippen LogP) is 1.06. The van der Waals surface area contributed by atoms with Crippen LogP contribution < -0.4 is 0 Å². The molecule has 0 aromatic rings. The second kappa shape index (κ2) is 14.0. The molecule has 0 spiro atoms. The molecule has 6 nitrogen and oxygen atoms in total. The Bertz CT molecular complexity index is 339. The van der Waals surface area contributed by atoms with E-state index in [0.29, 0.717) is 12.8 Å². The third-order valence-corrected chi connectivity index (χ3v) is 3.57. The molecule has 0 N–H and O–H groups in total. The Balaban J connectivity index is -0.000000256. The van der Waals surface area contributed by atoms with Gasteiger partial charge in [0.15, 0.2) is 0 Å². The Labute approximate surface area is 146 Å². The Morgan fingerprint density at radius 1 is 0.684 bits per heavy atom. The molecule has 0 bridgehead atoms. The van der Waals surface area contributed by atoms with Crippen LogP contribution in [0.1, 0.15) is 52.4 Å². The molecule has 0 aliphatic carbocycles. The van der Waals surface area contributed by atoms with E-state index in [9.17, 15) is 25.9 Å². The smallest absolute Gasteiger partial charge is 0.748 e. The number of hydrogen-bond donors (Lipinski definition) is 0. The van der Waals surface area contributed by atoms with Crippen molar-refractivity contribution in [1.29, 1.82) is 0 Å². The van der Waals surface area contributed by atoms with E-state index in [0.717, 1.165) is 25.7 Å². The molecule has 0 saturated carbocycles. The fraction of sp³-hybridized carbons (Fsp3) is 1.00. The molecule has 0 unspecified atom stereocenters. The number of rotatable bonds is 8. The molecule has 0 radical (unpaired) electrons. The first kappa shape index (κ1) is 25.1. The van der Waals surface area contributed by atoms with Crippen LogP contribution in [-0.4, -0.2) is 75.2 Å². The van der Waals surface area contributed by atoms with E-state index >= 15 is 0 Å². The normalized spacial score (nSPS) is 11.2. The van der Waals surface area contributed by atoms with Gasteiger partial charge in [-0.15, -0.1) is 0 Å². The third kappa shape index (κ3) is 32.5. The van der Waals surface area contributed by atoms with E-state index in [-0.39, 0.29) is 49.2 Å². The van der Waals surface area contributed by atoms with Gasteiger partial charge in [0.25, 0.3) is 0 Å². The van der Waals surface area contributed by atoms with E-state index in [1.807, 2.05) is 13.8 Å². The quantitative estimate of drug-likeness (QED) is 0.370. The van der Waals surface area contributed by atoms with Crippen LogP contribution in [-0.2, 0) is 20.2 Å². The maximum atomic E-state index is 9.95. The maximum absolute atomic E-state index is 9.95. The van der Waals surface area contributed by atoms with E-state index in [4.69, 9.17) is 0 Å². The van der Waals surface area contributed by atoms with Crippen LogP contribution in [0.4, 0.5) is 0 Å². The minimum atomic E-state index is -3.95. The van der Waals surface area contributed by atoms with E-state index in [1.54, 1.807) is 0 Å². The summed E-state index contributed by atoms with van der Waals surface area (Å²) in [6.07, 6.45) is 4.53. The fourth-order valence-electron chi connectivity index (χ4n) is 1.06. The predicted molar refractivity (Wildman–Crippen MR) is 73.9 cm³/mol. The second-order valence-corrected chi connectivity index (χ2v) is 6.99. The van der Waals surface area contributed by atoms with Gasteiger partial charge in [0.2, 0.25) is 0 Å². The van der Waals surface area contributed by atoms with Crippen molar-refractivity contribution in [2.24, 2.45) is 0 Å². The first-order valence-corrected chi connectivity index (χ1v) is 9.15. The molecule has 0 rings (SSSR count). The summed E-state index contributed by atoms with van der Waals surface area (Å²) in [6.45, 7) is 3.91. The van der Waals surface area contributed by atoms with Crippen LogP contribution in [0.2, 0.25) is 0 Å². The van der Waals surface area contributed by atoms with Crippen molar-refractivity contribution >= 4 is 58.0 Å². The van der Waals surface area contributed by atoms with Gasteiger partial charge in [0.05, 0.1) is 20.2 Å². The van der Waals surface area contributed by atoms with E-state index in [1.165, 1.54) is 0 Å². The second-order valence-electron chi connectivity index (χ2n) is 3.94. The summed E-state index contributed by atoms with van der Waals surface area (Å²) in [5, 5.41) is 0. The van der Waals surface area contributed by atoms with Gasteiger partial charge in [-0.1, -0.05) is 39.5 Å². The SMILES string of the molecule is CCCCCS(=O)(=O)[O-].CCCCCS(=O)(=O)[O-].[Ca+2]. The Morgan fingerprint density at radius 3 is 1.11 bits per heavy atom. The minimum Gasteiger partial charge on any atom is -0.748 e. The maximum Gasteiger partial charge on any atom is 2.00 e. The first-order valence-electron chi connectivity index (χ1n) is 5.99. The van der Waals surface area contributed by atoms with Crippen LogP contribution in [0.3, 0.4) is 0 Å². The molecular weight excluding hydrogens is 320 g/mol. The van der Waals surface area contributed by atoms with Crippen LogP contribution in [0.25, 0.3) is 0 Å². The molecule has 0 aliphatic heterocycles. The Hall–Kier alpha value is 1.08. The average Bonchev–Trinajstić information content (AvgIpc) is 2.16. The summed E-state index contributed by atoms with van der Waals surface area (Å²) >= 11 is 0. The van der Waals surface area contributed by atoms with Crippen LogP contribution >= 0.6 is 0 Å². The molecule has 112 valence electrons. The summed E-state index contributed by atoms with van der Waals surface area (Å²) in [5.74, 6) is -0.415. The van der Waals surface area contributed by atoms with Crippen molar-refractivity contribution in [2.45, 2.75) is 52.4 Å². The van der Waals surface area contributed by atoms with Crippen molar-refractivity contribution in [2.75, 3.05) is 11.5 Å².